The minimum absolute atomic E-state index is 0.501. The van der Waals surface area contributed by atoms with Crippen LogP contribution in [0.15, 0.2) is 30.3 Å². The van der Waals surface area contributed by atoms with Crippen LogP contribution in [-0.4, -0.2) is 16.5 Å². The summed E-state index contributed by atoms with van der Waals surface area (Å²) in [4.78, 5) is 10.4. The van der Waals surface area contributed by atoms with Gasteiger partial charge in [-0.25, -0.2) is 0 Å². The number of carbonyl (C=O) groups is 1. The van der Waals surface area contributed by atoms with Gasteiger partial charge in [0.2, 0.25) is 0 Å². The van der Waals surface area contributed by atoms with Crippen LogP contribution in [0.5, 0.6) is 0 Å². The molecule has 3 nitrogen and oxygen atoms in total. The number of aldehydes is 1. The summed E-state index contributed by atoms with van der Waals surface area (Å²) >= 11 is 0. The molecule has 2 aromatic rings. The molecule has 2 rings (SSSR count). The third-order valence-corrected chi connectivity index (χ3v) is 2.07. The molecular weight excluding hydrogens is 176 g/mol. The first-order chi connectivity index (χ1) is 6.79. The van der Waals surface area contributed by atoms with E-state index in [0.29, 0.717) is 5.69 Å². The van der Waals surface area contributed by atoms with Crippen LogP contribution in [0.1, 0.15) is 16.1 Å². The van der Waals surface area contributed by atoms with Gasteiger partial charge in [-0.1, -0.05) is 29.8 Å². The Morgan fingerprint density at radius 2 is 2.00 bits per heavy atom. The minimum atomic E-state index is 0.501. The van der Waals surface area contributed by atoms with E-state index in [1.807, 2.05) is 31.2 Å². The van der Waals surface area contributed by atoms with Crippen LogP contribution in [0.3, 0.4) is 0 Å². The Kier molecular flexibility index (Phi) is 2.14. The summed E-state index contributed by atoms with van der Waals surface area (Å²) in [5, 5.41) is 6.68. The molecule has 0 bridgehead atoms. The first-order valence-electron chi connectivity index (χ1n) is 4.37. The predicted molar refractivity (Wildman–Crippen MR) is 54.1 cm³/mol. The summed E-state index contributed by atoms with van der Waals surface area (Å²) < 4.78 is 0. The second-order valence-corrected chi connectivity index (χ2v) is 3.19. The molecule has 0 unspecified atom stereocenters. The molecule has 0 fully saturated rings. The van der Waals surface area contributed by atoms with Crippen molar-refractivity contribution in [1.82, 2.24) is 10.2 Å². The molecule has 3 heteroatoms. The van der Waals surface area contributed by atoms with Crippen molar-refractivity contribution < 1.29 is 4.79 Å². The van der Waals surface area contributed by atoms with E-state index in [-0.39, 0.29) is 0 Å². The van der Waals surface area contributed by atoms with Gasteiger partial charge >= 0.3 is 0 Å². The van der Waals surface area contributed by atoms with Gasteiger partial charge in [-0.3, -0.25) is 9.89 Å². The van der Waals surface area contributed by atoms with Gasteiger partial charge in [-0.2, -0.15) is 5.10 Å². The lowest BCUT2D eigenvalue weighted by Crippen LogP contribution is -1.78. The maximum Gasteiger partial charge on any atom is 0.167 e. The van der Waals surface area contributed by atoms with Gasteiger partial charge in [-0.05, 0) is 13.0 Å². The summed E-state index contributed by atoms with van der Waals surface area (Å²) in [5.41, 5.74) is 3.52. The molecular formula is C11H10N2O. The van der Waals surface area contributed by atoms with Gasteiger partial charge in [0.15, 0.2) is 6.29 Å². The highest BCUT2D eigenvalue weighted by molar-refractivity contribution is 5.75. The number of aromatic amines is 1. The van der Waals surface area contributed by atoms with Crippen LogP contribution in [0.2, 0.25) is 0 Å². The van der Waals surface area contributed by atoms with Crippen molar-refractivity contribution in [2.45, 2.75) is 6.92 Å². The first kappa shape index (κ1) is 8.69. The SMILES string of the molecule is Cc1ccc(-c2cc(C=O)[nH]n2)cc1. The number of hydrogen-bond acceptors (Lipinski definition) is 2. The van der Waals surface area contributed by atoms with E-state index < -0.39 is 0 Å². The lowest BCUT2D eigenvalue weighted by molar-refractivity contribution is 0.111. The Labute approximate surface area is 81.8 Å². The standard InChI is InChI=1S/C11H10N2O/c1-8-2-4-9(5-3-8)11-6-10(7-14)12-13-11/h2-7H,1H3,(H,12,13). The molecule has 0 atom stereocenters. The monoisotopic (exact) mass is 186 g/mol. The van der Waals surface area contributed by atoms with E-state index in [0.717, 1.165) is 17.5 Å². The van der Waals surface area contributed by atoms with Gasteiger partial charge in [0.05, 0.1) is 11.4 Å². The molecule has 1 aromatic carbocycles. The van der Waals surface area contributed by atoms with Crippen LogP contribution >= 0.6 is 0 Å². The van der Waals surface area contributed by atoms with Crippen molar-refractivity contribution in [1.29, 1.82) is 0 Å². The number of nitrogens with zero attached hydrogens (tertiary/aromatic N) is 1. The van der Waals surface area contributed by atoms with E-state index >= 15 is 0 Å². The maximum atomic E-state index is 10.4. The van der Waals surface area contributed by atoms with Gasteiger partial charge in [0, 0.05) is 5.56 Å². The zero-order valence-corrected chi connectivity index (χ0v) is 7.82. The maximum absolute atomic E-state index is 10.4. The number of carbonyl (C=O) groups excluding carboxylic acids is 1. The fourth-order valence-electron chi connectivity index (χ4n) is 1.27. The topological polar surface area (TPSA) is 45.8 Å². The molecule has 0 aliphatic heterocycles. The zero-order valence-electron chi connectivity index (χ0n) is 7.82. The summed E-state index contributed by atoms with van der Waals surface area (Å²) in [6.07, 6.45) is 0.755. The number of rotatable bonds is 2. The fourth-order valence-corrected chi connectivity index (χ4v) is 1.27. The zero-order chi connectivity index (χ0) is 9.97. The lowest BCUT2D eigenvalue weighted by Gasteiger charge is -1.95. The molecule has 0 aliphatic carbocycles. The summed E-state index contributed by atoms with van der Waals surface area (Å²) in [7, 11) is 0. The Balaban J connectivity index is 2.39. The highest BCUT2D eigenvalue weighted by atomic mass is 16.1. The van der Waals surface area contributed by atoms with Crippen LogP contribution < -0.4 is 0 Å². The fraction of sp³-hybridized carbons (Fsp3) is 0.0909. The van der Waals surface area contributed by atoms with E-state index in [2.05, 4.69) is 10.2 Å². The smallest absolute Gasteiger partial charge is 0.167 e. The lowest BCUT2D eigenvalue weighted by atomic mass is 10.1. The van der Waals surface area contributed by atoms with Gasteiger partial charge < -0.3 is 0 Å². The van der Waals surface area contributed by atoms with Gasteiger partial charge in [-0.15, -0.1) is 0 Å². The van der Waals surface area contributed by atoms with Crippen molar-refractivity contribution in [2.24, 2.45) is 0 Å². The molecule has 0 radical (unpaired) electrons. The van der Waals surface area contributed by atoms with Crippen LogP contribution in [0.4, 0.5) is 0 Å². The molecule has 0 amide bonds. The van der Waals surface area contributed by atoms with Crippen LogP contribution in [-0.2, 0) is 0 Å². The van der Waals surface area contributed by atoms with E-state index in [9.17, 15) is 4.79 Å². The molecule has 14 heavy (non-hydrogen) atoms. The van der Waals surface area contributed by atoms with Crippen LogP contribution in [0, 0.1) is 6.92 Å². The molecule has 0 aliphatic rings. The predicted octanol–water partition coefficient (Wildman–Crippen LogP) is 2.20. The quantitative estimate of drug-likeness (QED) is 0.731. The largest absolute Gasteiger partial charge is 0.296 e. The number of benzene rings is 1. The van der Waals surface area contributed by atoms with Crippen molar-refractivity contribution >= 4 is 6.29 Å². The Morgan fingerprint density at radius 1 is 1.29 bits per heavy atom. The third-order valence-electron chi connectivity index (χ3n) is 2.07. The molecule has 1 heterocycles. The normalized spacial score (nSPS) is 10.1. The van der Waals surface area contributed by atoms with Gasteiger partial charge in [0.25, 0.3) is 0 Å². The minimum Gasteiger partial charge on any atom is -0.296 e. The Morgan fingerprint density at radius 3 is 2.57 bits per heavy atom. The number of aryl methyl sites for hydroxylation is 1. The number of aromatic nitrogens is 2. The van der Waals surface area contributed by atoms with Crippen LogP contribution in [0.25, 0.3) is 11.3 Å². The molecule has 0 saturated heterocycles. The molecule has 0 spiro atoms. The Bertz CT molecular complexity index is 443. The van der Waals surface area contributed by atoms with Crippen molar-refractivity contribution in [2.75, 3.05) is 0 Å². The molecule has 70 valence electrons. The average Bonchev–Trinajstić information content (AvgIpc) is 2.67. The highest BCUT2D eigenvalue weighted by Crippen LogP contribution is 2.17. The van der Waals surface area contributed by atoms with E-state index in [1.54, 1.807) is 6.07 Å². The second kappa shape index (κ2) is 3.46. The van der Waals surface area contributed by atoms with E-state index in [1.165, 1.54) is 5.56 Å². The van der Waals surface area contributed by atoms with Gasteiger partial charge in [0.1, 0.15) is 0 Å². The highest BCUT2D eigenvalue weighted by Gasteiger charge is 2.01. The van der Waals surface area contributed by atoms with Crippen molar-refractivity contribution in [3.05, 3.63) is 41.6 Å². The molecule has 1 N–H and O–H groups in total. The first-order valence-corrected chi connectivity index (χ1v) is 4.37. The Hall–Kier alpha value is -1.90. The number of H-pyrrole nitrogens is 1. The van der Waals surface area contributed by atoms with Crippen molar-refractivity contribution in [3.8, 4) is 11.3 Å². The molecule has 1 aromatic heterocycles. The summed E-state index contributed by atoms with van der Waals surface area (Å²) in [5.74, 6) is 0. The number of hydrogen-bond donors (Lipinski definition) is 1. The number of nitrogens with one attached hydrogen (secondary N) is 1. The summed E-state index contributed by atoms with van der Waals surface area (Å²) in [6.45, 7) is 2.03. The summed E-state index contributed by atoms with van der Waals surface area (Å²) in [6, 6.07) is 9.74. The van der Waals surface area contributed by atoms with Crippen molar-refractivity contribution in [3.63, 3.8) is 0 Å². The third kappa shape index (κ3) is 1.57. The average molecular weight is 186 g/mol. The van der Waals surface area contributed by atoms with E-state index in [4.69, 9.17) is 0 Å². The second-order valence-electron chi connectivity index (χ2n) is 3.19. The molecule has 0 saturated carbocycles.